The molecule has 1 aliphatic carbocycles. The summed E-state index contributed by atoms with van der Waals surface area (Å²) < 4.78 is 0.856. The van der Waals surface area contributed by atoms with Crippen molar-refractivity contribution >= 4 is 57.5 Å². The van der Waals surface area contributed by atoms with E-state index < -0.39 is 6.04 Å². The van der Waals surface area contributed by atoms with Crippen LogP contribution in [0.2, 0.25) is 0 Å². The molecule has 1 saturated carbocycles. The molecular formula is C27H36IN7O3S. The lowest BCUT2D eigenvalue weighted by molar-refractivity contribution is -0.134. The molecule has 0 bridgehead atoms. The largest absolute Gasteiger partial charge is 0.349 e. The van der Waals surface area contributed by atoms with Gasteiger partial charge in [-0.3, -0.25) is 14.4 Å². The van der Waals surface area contributed by atoms with Gasteiger partial charge < -0.3 is 25.8 Å². The van der Waals surface area contributed by atoms with Gasteiger partial charge in [-0.1, -0.05) is 34.7 Å². The minimum Gasteiger partial charge on any atom is -0.349 e. The second kappa shape index (κ2) is 13.2. The molecule has 3 N–H and O–H groups in total. The van der Waals surface area contributed by atoms with E-state index in [-0.39, 0.29) is 29.7 Å². The summed E-state index contributed by atoms with van der Waals surface area (Å²) in [6, 6.07) is 3.07. The monoisotopic (exact) mass is 665 g/mol. The average Bonchev–Trinajstić information content (AvgIpc) is 3.36. The van der Waals surface area contributed by atoms with Gasteiger partial charge in [0, 0.05) is 61.1 Å². The van der Waals surface area contributed by atoms with Crippen LogP contribution in [0.4, 0.5) is 5.82 Å². The first kappa shape index (κ1) is 29.4. The molecule has 0 saturated heterocycles. The third kappa shape index (κ3) is 7.34. The Kier molecular flexibility index (Phi) is 9.94. The molecule has 3 heterocycles. The molecule has 1 aliphatic heterocycles. The first-order valence-corrected chi connectivity index (χ1v) is 15.5. The van der Waals surface area contributed by atoms with Gasteiger partial charge in [-0.15, -0.1) is 11.3 Å². The number of carbonyl (C=O) groups excluding carboxylic acids is 3. The highest BCUT2D eigenvalue weighted by molar-refractivity contribution is 14.1. The maximum Gasteiger partial charge on any atom is 0.280 e. The number of rotatable bonds is 8. The Morgan fingerprint density at radius 3 is 2.67 bits per heavy atom. The minimum absolute atomic E-state index is 0.0311. The number of alkyl halides is 1. The van der Waals surface area contributed by atoms with Crippen molar-refractivity contribution in [3.63, 3.8) is 0 Å². The van der Waals surface area contributed by atoms with Crippen LogP contribution in [-0.4, -0.2) is 77.3 Å². The van der Waals surface area contributed by atoms with Crippen LogP contribution in [0.1, 0.15) is 52.1 Å². The average molecular weight is 666 g/mol. The van der Waals surface area contributed by atoms with Crippen molar-refractivity contribution in [2.24, 2.45) is 5.92 Å². The first-order chi connectivity index (χ1) is 18.7. The van der Waals surface area contributed by atoms with E-state index in [2.05, 4.69) is 60.5 Å². The number of carbonyl (C=O) groups is 3. The van der Waals surface area contributed by atoms with Crippen LogP contribution in [0.15, 0.2) is 30.1 Å². The number of anilines is 1. The van der Waals surface area contributed by atoms with Gasteiger partial charge in [-0.05, 0) is 44.9 Å². The normalized spacial score (nSPS) is 21.6. The van der Waals surface area contributed by atoms with E-state index in [1.165, 1.54) is 11.3 Å². The van der Waals surface area contributed by atoms with Gasteiger partial charge in [-0.25, -0.2) is 9.97 Å². The van der Waals surface area contributed by atoms with E-state index in [0.29, 0.717) is 35.8 Å². The van der Waals surface area contributed by atoms with E-state index in [1.54, 1.807) is 38.2 Å². The van der Waals surface area contributed by atoms with Crippen molar-refractivity contribution in [2.75, 3.05) is 33.0 Å². The summed E-state index contributed by atoms with van der Waals surface area (Å²) in [7, 11) is 5.54. The maximum absolute atomic E-state index is 13.3. The van der Waals surface area contributed by atoms with E-state index in [9.17, 15) is 14.4 Å². The fourth-order valence-corrected chi connectivity index (χ4v) is 6.51. The van der Waals surface area contributed by atoms with E-state index in [4.69, 9.17) is 0 Å². The number of hydrogen-bond acceptors (Lipinski definition) is 8. The third-order valence-electron chi connectivity index (χ3n) is 7.16. The van der Waals surface area contributed by atoms with Crippen molar-refractivity contribution in [2.45, 2.75) is 55.7 Å². The number of halogens is 1. The Morgan fingerprint density at radius 1 is 1.21 bits per heavy atom. The standard InChI is InChI=1S/C27H36IN7O3S/c1-5-18(30-23-9-6-16(13-28)14-29-23)24(36)31-19-8-7-17(27(38)34(2)3)12-21(19)32-25(37)26-33-20-10-11-35(4)15-22(20)39-26/h5-6,9,14,17,19,21H,7-8,10-13,15H2,1-4H3,(H,29,30)(H,31,36)(H,32,37)/t17-,19-,21+/m0/s1. The molecular weight excluding hydrogens is 629 g/mol. The number of aromatic nitrogens is 2. The van der Waals surface area contributed by atoms with E-state index in [0.717, 1.165) is 40.1 Å². The van der Waals surface area contributed by atoms with Crippen LogP contribution in [0.25, 0.3) is 0 Å². The summed E-state index contributed by atoms with van der Waals surface area (Å²) in [5, 5.41) is 9.74. The quantitative estimate of drug-likeness (QED) is 0.226. The minimum atomic E-state index is -0.410. The number of nitrogens with one attached hydrogen (secondary N) is 3. The lowest BCUT2D eigenvalue weighted by atomic mass is 9.81. The summed E-state index contributed by atoms with van der Waals surface area (Å²) >= 11 is 3.70. The molecule has 39 heavy (non-hydrogen) atoms. The molecule has 210 valence electrons. The number of pyridine rings is 1. The fraction of sp³-hybridized carbons (Fsp3) is 0.519. The molecule has 10 nitrogen and oxygen atoms in total. The molecule has 2 aromatic heterocycles. The Morgan fingerprint density at radius 2 is 2.00 bits per heavy atom. The SMILES string of the molecule is CC=C(Nc1ccc(CI)cn1)C(=O)N[C@H]1CC[C@H](C(=O)N(C)C)C[C@H]1NC(=O)c1nc2c(s1)CN(C)CC2. The molecule has 12 heteroatoms. The molecule has 0 radical (unpaired) electrons. The first-order valence-electron chi connectivity index (χ1n) is 13.1. The highest BCUT2D eigenvalue weighted by atomic mass is 127. The molecule has 1 fully saturated rings. The summed E-state index contributed by atoms with van der Waals surface area (Å²) in [5.74, 6) is -0.162. The highest BCUT2D eigenvalue weighted by Gasteiger charge is 2.37. The van der Waals surface area contributed by atoms with Gasteiger partial charge in [0.2, 0.25) is 5.91 Å². The Hall–Kier alpha value is -2.58. The number of nitrogens with zero attached hydrogens (tertiary/aromatic N) is 4. The van der Waals surface area contributed by atoms with Gasteiger partial charge in [0.05, 0.1) is 11.7 Å². The predicted molar refractivity (Wildman–Crippen MR) is 161 cm³/mol. The smallest absolute Gasteiger partial charge is 0.280 e. The second-order valence-electron chi connectivity index (χ2n) is 10.3. The van der Waals surface area contributed by atoms with Crippen LogP contribution in [0.5, 0.6) is 0 Å². The van der Waals surface area contributed by atoms with Crippen molar-refractivity contribution in [1.82, 2.24) is 30.4 Å². The zero-order valence-corrected chi connectivity index (χ0v) is 25.8. The van der Waals surface area contributed by atoms with Crippen LogP contribution in [0, 0.1) is 5.92 Å². The topological polar surface area (TPSA) is 120 Å². The Labute approximate surface area is 247 Å². The number of likely N-dealkylation sites (N-methyl/N-ethyl adjacent to an activating group) is 1. The number of thiazole rings is 1. The molecule has 3 amide bonds. The van der Waals surface area contributed by atoms with Gasteiger partial charge in [0.25, 0.3) is 11.8 Å². The van der Waals surface area contributed by atoms with Gasteiger partial charge in [0.1, 0.15) is 11.5 Å². The van der Waals surface area contributed by atoms with Crippen molar-refractivity contribution < 1.29 is 14.4 Å². The molecule has 0 aromatic carbocycles. The Bertz CT molecular complexity index is 1230. The van der Waals surface area contributed by atoms with Crippen molar-refractivity contribution in [3.8, 4) is 0 Å². The number of hydrogen-bond donors (Lipinski definition) is 3. The maximum atomic E-state index is 13.3. The van der Waals surface area contributed by atoms with Gasteiger partial charge >= 0.3 is 0 Å². The van der Waals surface area contributed by atoms with Gasteiger partial charge in [0.15, 0.2) is 5.01 Å². The second-order valence-corrected chi connectivity index (χ2v) is 12.1. The van der Waals surface area contributed by atoms with Crippen molar-refractivity contribution in [3.05, 3.63) is 51.2 Å². The molecule has 4 rings (SSSR count). The molecule has 3 atom stereocenters. The summed E-state index contributed by atoms with van der Waals surface area (Å²) in [5.41, 5.74) is 2.46. The van der Waals surface area contributed by atoms with Gasteiger partial charge in [-0.2, -0.15) is 0 Å². The van der Waals surface area contributed by atoms with E-state index in [1.807, 2.05) is 12.1 Å². The Balaban J connectivity index is 1.47. The molecule has 0 unspecified atom stereocenters. The third-order valence-corrected chi connectivity index (χ3v) is 9.13. The van der Waals surface area contributed by atoms with Crippen molar-refractivity contribution in [1.29, 1.82) is 0 Å². The summed E-state index contributed by atoms with van der Waals surface area (Å²) in [6.45, 7) is 3.49. The molecule has 2 aromatic rings. The fourth-order valence-electron chi connectivity index (χ4n) is 4.96. The van der Waals surface area contributed by atoms with Crippen LogP contribution in [0.3, 0.4) is 0 Å². The predicted octanol–water partition coefficient (Wildman–Crippen LogP) is 2.95. The highest BCUT2D eigenvalue weighted by Crippen LogP contribution is 2.28. The van der Waals surface area contributed by atoms with Crippen LogP contribution < -0.4 is 16.0 Å². The zero-order valence-electron chi connectivity index (χ0n) is 22.8. The van der Waals surface area contributed by atoms with E-state index >= 15 is 0 Å². The summed E-state index contributed by atoms with van der Waals surface area (Å²) in [6.07, 6.45) is 5.95. The molecule has 2 aliphatic rings. The number of fused-ring (bicyclic) bond motifs is 1. The lowest BCUT2D eigenvalue weighted by Crippen LogP contribution is -2.56. The van der Waals surface area contributed by atoms with Crippen LogP contribution in [-0.2, 0) is 27.0 Å². The number of amides is 3. The number of allylic oxidation sites excluding steroid dienone is 1. The summed E-state index contributed by atoms with van der Waals surface area (Å²) in [4.78, 5) is 53.3. The van der Waals surface area contributed by atoms with Crippen LogP contribution >= 0.6 is 33.9 Å². The molecule has 0 spiro atoms. The lowest BCUT2D eigenvalue weighted by Gasteiger charge is -2.37. The zero-order chi connectivity index (χ0) is 28.1.